The Morgan fingerprint density at radius 3 is 2.82 bits per heavy atom. The summed E-state index contributed by atoms with van der Waals surface area (Å²) >= 11 is 0. The van der Waals surface area contributed by atoms with Crippen LogP contribution in [0.5, 0.6) is 0 Å². The fourth-order valence-corrected chi connectivity index (χ4v) is 2.35. The summed E-state index contributed by atoms with van der Waals surface area (Å²) in [7, 11) is 1.92. The Bertz CT molecular complexity index is 539. The second-order valence-corrected chi connectivity index (χ2v) is 5.78. The number of carbonyl (C=O) groups excluding carboxylic acids is 2. The van der Waals surface area contributed by atoms with Crippen LogP contribution in [0.4, 0.5) is 4.79 Å². The Hall–Kier alpha value is -1.96. The lowest BCUT2D eigenvalue weighted by molar-refractivity contribution is -0.123. The second kappa shape index (κ2) is 7.35. The zero-order valence-corrected chi connectivity index (χ0v) is 13.4. The van der Waals surface area contributed by atoms with E-state index in [1.165, 1.54) is 0 Å². The standard InChI is InChI=1S/C14H24N6O2/c1-10(2)13(21)16-14(22)19-8-5-12-11(9-19)17-18-20(12)7-4-6-15-3/h10,15H,4-9H2,1-3H3,(H,16,21,22). The third-order valence-electron chi connectivity index (χ3n) is 3.72. The average molecular weight is 308 g/mol. The molecule has 1 aliphatic rings. The minimum Gasteiger partial charge on any atom is -0.320 e. The van der Waals surface area contributed by atoms with Crippen molar-refractivity contribution in [1.29, 1.82) is 0 Å². The van der Waals surface area contributed by atoms with Gasteiger partial charge in [-0.2, -0.15) is 0 Å². The first-order valence-electron chi connectivity index (χ1n) is 7.68. The lowest BCUT2D eigenvalue weighted by atomic mass is 10.1. The number of fused-ring (bicyclic) bond motifs is 1. The molecule has 0 fully saturated rings. The van der Waals surface area contributed by atoms with Gasteiger partial charge in [-0.05, 0) is 20.0 Å². The molecule has 3 amide bonds. The first kappa shape index (κ1) is 16.4. The second-order valence-electron chi connectivity index (χ2n) is 5.78. The number of hydrogen-bond acceptors (Lipinski definition) is 5. The maximum atomic E-state index is 12.1. The van der Waals surface area contributed by atoms with E-state index < -0.39 is 0 Å². The van der Waals surface area contributed by atoms with Crippen molar-refractivity contribution in [2.24, 2.45) is 5.92 Å². The van der Waals surface area contributed by atoms with Crippen LogP contribution in [0.3, 0.4) is 0 Å². The highest BCUT2D eigenvalue weighted by molar-refractivity contribution is 5.95. The topological polar surface area (TPSA) is 92.2 Å². The Balaban J connectivity index is 1.94. The van der Waals surface area contributed by atoms with Crippen LogP contribution < -0.4 is 10.6 Å². The third kappa shape index (κ3) is 3.82. The first-order chi connectivity index (χ1) is 10.5. The Morgan fingerprint density at radius 1 is 1.36 bits per heavy atom. The molecule has 0 radical (unpaired) electrons. The van der Waals surface area contributed by atoms with Gasteiger partial charge in [0.1, 0.15) is 5.69 Å². The van der Waals surface area contributed by atoms with Crippen LogP contribution in [0, 0.1) is 5.92 Å². The van der Waals surface area contributed by atoms with E-state index in [4.69, 9.17) is 0 Å². The molecule has 0 aromatic carbocycles. The molecule has 0 unspecified atom stereocenters. The molecule has 0 saturated carbocycles. The molecule has 1 aromatic heterocycles. The molecule has 1 aliphatic heterocycles. The van der Waals surface area contributed by atoms with E-state index in [1.807, 2.05) is 11.7 Å². The van der Waals surface area contributed by atoms with E-state index in [9.17, 15) is 9.59 Å². The van der Waals surface area contributed by atoms with Crippen molar-refractivity contribution < 1.29 is 9.59 Å². The average Bonchev–Trinajstić information content (AvgIpc) is 2.89. The Kier molecular flexibility index (Phi) is 5.48. The summed E-state index contributed by atoms with van der Waals surface area (Å²) in [6.07, 6.45) is 1.70. The van der Waals surface area contributed by atoms with Crippen LogP contribution >= 0.6 is 0 Å². The lowest BCUT2D eigenvalue weighted by Gasteiger charge is -2.26. The number of carbonyl (C=O) groups is 2. The summed E-state index contributed by atoms with van der Waals surface area (Å²) in [6.45, 7) is 6.24. The summed E-state index contributed by atoms with van der Waals surface area (Å²) < 4.78 is 1.92. The molecule has 0 saturated heterocycles. The zero-order chi connectivity index (χ0) is 16.1. The minimum atomic E-state index is -0.353. The van der Waals surface area contributed by atoms with Gasteiger partial charge in [-0.3, -0.25) is 10.1 Å². The lowest BCUT2D eigenvalue weighted by Crippen LogP contribution is -2.46. The van der Waals surface area contributed by atoms with E-state index in [2.05, 4.69) is 20.9 Å². The van der Waals surface area contributed by atoms with E-state index in [1.54, 1.807) is 18.7 Å². The number of rotatable bonds is 5. The smallest absolute Gasteiger partial charge is 0.320 e. The van der Waals surface area contributed by atoms with Gasteiger partial charge in [-0.25, -0.2) is 9.48 Å². The largest absolute Gasteiger partial charge is 0.324 e. The first-order valence-corrected chi connectivity index (χ1v) is 7.68. The Morgan fingerprint density at radius 2 is 2.14 bits per heavy atom. The number of amides is 3. The number of nitrogens with one attached hydrogen (secondary N) is 2. The number of imide groups is 1. The number of urea groups is 1. The van der Waals surface area contributed by atoms with Crippen LogP contribution in [0.25, 0.3) is 0 Å². The van der Waals surface area contributed by atoms with Gasteiger partial charge < -0.3 is 10.2 Å². The monoisotopic (exact) mass is 308 g/mol. The molecule has 0 aliphatic carbocycles. The fourth-order valence-electron chi connectivity index (χ4n) is 2.35. The molecule has 0 atom stereocenters. The SMILES string of the molecule is CNCCCn1nnc2c1CCN(C(=O)NC(=O)C(C)C)C2. The van der Waals surface area contributed by atoms with E-state index in [0.717, 1.165) is 30.9 Å². The Labute approximate surface area is 130 Å². The van der Waals surface area contributed by atoms with Crippen LogP contribution in [0.2, 0.25) is 0 Å². The van der Waals surface area contributed by atoms with Gasteiger partial charge >= 0.3 is 6.03 Å². The van der Waals surface area contributed by atoms with Crippen molar-refractivity contribution in [1.82, 2.24) is 30.5 Å². The van der Waals surface area contributed by atoms with Gasteiger partial charge in [0.05, 0.1) is 12.2 Å². The predicted octanol–water partition coefficient (Wildman–Crippen LogP) is 0.138. The molecular formula is C14H24N6O2. The molecule has 0 spiro atoms. The number of nitrogens with zero attached hydrogens (tertiary/aromatic N) is 4. The predicted molar refractivity (Wildman–Crippen MR) is 81.1 cm³/mol. The van der Waals surface area contributed by atoms with Gasteiger partial charge in [0.15, 0.2) is 0 Å². The summed E-state index contributed by atoms with van der Waals surface area (Å²) in [5, 5.41) is 13.9. The highest BCUT2D eigenvalue weighted by Crippen LogP contribution is 2.16. The van der Waals surface area contributed by atoms with Gasteiger partial charge in [0, 0.05) is 25.4 Å². The van der Waals surface area contributed by atoms with Crippen LogP contribution in [0.15, 0.2) is 0 Å². The number of aryl methyl sites for hydroxylation is 1. The van der Waals surface area contributed by atoms with Crippen molar-refractivity contribution >= 4 is 11.9 Å². The molecule has 0 bridgehead atoms. The molecule has 2 rings (SSSR count). The molecular weight excluding hydrogens is 284 g/mol. The molecule has 22 heavy (non-hydrogen) atoms. The van der Waals surface area contributed by atoms with E-state index in [-0.39, 0.29) is 17.9 Å². The van der Waals surface area contributed by atoms with Crippen molar-refractivity contribution in [3.05, 3.63) is 11.4 Å². The highest BCUT2D eigenvalue weighted by atomic mass is 16.2. The fraction of sp³-hybridized carbons (Fsp3) is 0.714. The van der Waals surface area contributed by atoms with Gasteiger partial charge in [0.2, 0.25) is 5.91 Å². The highest BCUT2D eigenvalue weighted by Gasteiger charge is 2.26. The molecule has 1 aromatic rings. The minimum absolute atomic E-state index is 0.211. The third-order valence-corrected chi connectivity index (χ3v) is 3.72. The molecule has 122 valence electrons. The summed E-state index contributed by atoms with van der Waals surface area (Å²) in [6, 6.07) is -0.353. The maximum Gasteiger partial charge on any atom is 0.324 e. The molecule has 8 nitrogen and oxygen atoms in total. The normalized spacial score (nSPS) is 14.1. The number of aromatic nitrogens is 3. The number of hydrogen-bond donors (Lipinski definition) is 2. The van der Waals surface area contributed by atoms with Crippen molar-refractivity contribution in [3.63, 3.8) is 0 Å². The summed E-state index contributed by atoms with van der Waals surface area (Å²) in [4.78, 5) is 25.3. The molecule has 8 heteroatoms. The quantitative estimate of drug-likeness (QED) is 0.755. The van der Waals surface area contributed by atoms with Gasteiger partial charge in [-0.15, -0.1) is 5.10 Å². The summed E-state index contributed by atoms with van der Waals surface area (Å²) in [5.74, 6) is -0.469. The maximum absolute atomic E-state index is 12.1. The molecule has 2 heterocycles. The van der Waals surface area contributed by atoms with Crippen LogP contribution in [0.1, 0.15) is 31.7 Å². The van der Waals surface area contributed by atoms with Crippen molar-refractivity contribution in [2.75, 3.05) is 20.1 Å². The van der Waals surface area contributed by atoms with Crippen molar-refractivity contribution in [2.45, 2.75) is 39.8 Å². The van der Waals surface area contributed by atoms with Crippen molar-refractivity contribution in [3.8, 4) is 0 Å². The van der Waals surface area contributed by atoms with Crippen LogP contribution in [-0.4, -0.2) is 52.0 Å². The zero-order valence-electron chi connectivity index (χ0n) is 13.4. The van der Waals surface area contributed by atoms with E-state index in [0.29, 0.717) is 19.5 Å². The van der Waals surface area contributed by atoms with E-state index >= 15 is 0 Å². The van der Waals surface area contributed by atoms with Crippen LogP contribution in [-0.2, 0) is 24.3 Å². The molecule has 2 N–H and O–H groups in total. The van der Waals surface area contributed by atoms with Gasteiger partial charge in [0.25, 0.3) is 0 Å². The van der Waals surface area contributed by atoms with Gasteiger partial charge in [-0.1, -0.05) is 19.1 Å². The summed E-state index contributed by atoms with van der Waals surface area (Å²) in [5.41, 5.74) is 1.91.